The van der Waals surface area contributed by atoms with Crippen LogP contribution < -0.4 is 5.32 Å². The largest absolute Gasteiger partial charge is 0.336 e. The van der Waals surface area contributed by atoms with Crippen LogP contribution in [-0.4, -0.2) is 42.0 Å². The van der Waals surface area contributed by atoms with Gasteiger partial charge in [-0.1, -0.05) is 13.0 Å². The normalized spacial score (nSPS) is 20.0. The molecule has 1 atom stereocenters. The number of nitrogens with zero attached hydrogens (tertiary/aromatic N) is 2. The van der Waals surface area contributed by atoms with Crippen LogP contribution >= 0.6 is 22.7 Å². The molecule has 0 unspecified atom stereocenters. The summed E-state index contributed by atoms with van der Waals surface area (Å²) in [4.78, 5) is 20.1. The average molecular weight is 390 g/mol. The van der Waals surface area contributed by atoms with Crippen molar-refractivity contribution in [1.29, 1.82) is 0 Å². The Morgan fingerprint density at radius 1 is 1.23 bits per heavy atom. The Bertz CT molecular complexity index is 719. The summed E-state index contributed by atoms with van der Waals surface area (Å²) >= 11 is 3.61. The molecule has 0 spiro atoms. The van der Waals surface area contributed by atoms with Gasteiger partial charge >= 0.3 is 6.03 Å². The lowest BCUT2D eigenvalue weighted by Gasteiger charge is -2.37. The van der Waals surface area contributed by atoms with Gasteiger partial charge in [0.05, 0.1) is 6.04 Å². The van der Waals surface area contributed by atoms with Crippen molar-refractivity contribution in [3.63, 3.8) is 0 Å². The van der Waals surface area contributed by atoms with Gasteiger partial charge in [-0.25, -0.2) is 4.79 Å². The summed E-state index contributed by atoms with van der Waals surface area (Å²) in [5, 5.41) is 7.50. The van der Waals surface area contributed by atoms with E-state index in [1.807, 2.05) is 16.2 Å². The number of rotatable bonds is 4. The molecule has 4 rings (SSSR count). The molecular weight excluding hydrogens is 362 g/mol. The highest BCUT2D eigenvalue weighted by Gasteiger charge is 2.27. The fourth-order valence-corrected chi connectivity index (χ4v) is 5.70. The second-order valence-corrected chi connectivity index (χ2v) is 9.46. The van der Waals surface area contributed by atoms with E-state index in [9.17, 15) is 4.79 Å². The molecule has 0 aliphatic carbocycles. The van der Waals surface area contributed by atoms with E-state index in [-0.39, 0.29) is 6.03 Å². The first-order valence-electron chi connectivity index (χ1n) is 9.56. The number of fused-ring (bicyclic) bond motifs is 1. The molecule has 0 saturated carbocycles. The lowest BCUT2D eigenvalue weighted by atomic mass is 9.97. The van der Waals surface area contributed by atoms with Crippen LogP contribution in [0.2, 0.25) is 0 Å². The second-order valence-electron chi connectivity index (χ2n) is 7.48. The number of hydrogen-bond acceptors (Lipinski definition) is 4. The quantitative estimate of drug-likeness (QED) is 0.844. The number of urea groups is 1. The summed E-state index contributed by atoms with van der Waals surface area (Å²) in [6.45, 7) is 6.86. The molecule has 0 aromatic carbocycles. The summed E-state index contributed by atoms with van der Waals surface area (Å²) in [6.07, 6.45) is 3.49. The number of piperidine rings is 1. The molecule has 2 amide bonds. The van der Waals surface area contributed by atoms with E-state index in [0.717, 1.165) is 38.5 Å². The zero-order valence-electron chi connectivity index (χ0n) is 15.3. The van der Waals surface area contributed by atoms with Crippen molar-refractivity contribution in [1.82, 2.24) is 15.1 Å². The predicted molar refractivity (Wildman–Crippen MR) is 109 cm³/mol. The molecule has 4 heterocycles. The van der Waals surface area contributed by atoms with E-state index in [4.69, 9.17) is 0 Å². The molecule has 1 fully saturated rings. The van der Waals surface area contributed by atoms with Gasteiger partial charge in [0.25, 0.3) is 0 Å². The molecule has 2 aliphatic heterocycles. The minimum absolute atomic E-state index is 0.0776. The highest BCUT2D eigenvalue weighted by Crippen LogP contribution is 2.29. The molecule has 26 heavy (non-hydrogen) atoms. The third-order valence-corrected chi connectivity index (χ3v) is 7.67. The molecular formula is C20H27N3OS2. The average Bonchev–Trinajstić information content (AvgIpc) is 3.34. The van der Waals surface area contributed by atoms with Gasteiger partial charge in [0.2, 0.25) is 0 Å². The Morgan fingerprint density at radius 3 is 2.85 bits per heavy atom. The third-order valence-electron chi connectivity index (χ3n) is 5.67. The first-order chi connectivity index (χ1) is 12.7. The van der Waals surface area contributed by atoms with Crippen molar-refractivity contribution < 1.29 is 4.79 Å². The van der Waals surface area contributed by atoms with E-state index in [0.29, 0.717) is 12.6 Å². The predicted octanol–water partition coefficient (Wildman–Crippen LogP) is 4.35. The van der Waals surface area contributed by atoms with Gasteiger partial charge in [-0.15, -0.1) is 22.7 Å². The highest BCUT2D eigenvalue weighted by molar-refractivity contribution is 7.10. The van der Waals surface area contributed by atoms with E-state index in [2.05, 4.69) is 46.1 Å². The lowest BCUT2D eigenvalue weighted by Crippen LogP contribution is -2.46. The second kappa shape index (κ2) is 8.11. The van der Waals surface area contributed by atoms with Crippen LogP contribution in [0.1, 0.15) is 41.1 Å². The van der Waals surface area contributed by atoms with Crippen molar-refractivity contribution in [2.75, 3.05) is 26.2 Å². The van der Waals surface area contributed by atoms with E-state index < -0.39 is 0 Å². The van der Waals surface area contributed by atoms with Crippen molar-refractivity contribution >= 4 is 28.7 Å². The van der Waals surface area contributed by atoms with E-state index in [1.165, 1.54) is 28.2 Å². The van der Waals surface area contributed by atoms with Gasteiger partial charge in [-0.05, 0) is 66.7 Å². The fourth-order valence-electron chi connectivity index (χ4n) is 3.95. The molecule has 1 N–H and O–H groups in total. The van der Waals surface area contributed by atoms with Crippen molar-refractivity contribution in [3.05, 3.63) is 44.3 Å². The molecule has 6 heteroatoms. The number of hydrogen-bond donors (Lipinski definition) is 1. The number of amides is 2. The Hall–Kier alpha value is -1.37. The van der Waals surface area contributed by atoms with Crippen LogP contribution in [0.5, 0.6) is 0 Å². The standard InChI is InChI=1S/C20H27N3OS2/c1-15-4-8-22(9-5-15)17(19-3-2-11-25-19)13-21-20(24)23-10-6-18-16(14-23)7-12-26-18/h2-3,7,11-12,15,17H,4-6,8-10,13-14H2,1H3,(H,21,24)/t17-/m0/s1. The Kier molecular flexibility index (Phi) is 5.62. The Labute approximate surface area is 163 Å². The maximum Gasteiger partial charge on any atom is 0.317 e. The summed E-state index contributed by atoms with van der Waals surface area (Å²) in [6, 6.07) is 6.85. The van der Waals surface area contributed by atoms with Gasteiger partial charge in [-0.3, -0.25) is 4.90 Å². The number of nitrogens with one attached hydrogen (secondary N) is 1. The maximum atomic E-state index is 12.7. The number of carbonyl (C=O) groups excluding carboxylic acids is 1. The number of carbonyl (C=O) groups is 1. The lowest BCUT2D eigenvalue weighted by molar-refractivity contribution is 0.134. The summed E-state index contributed by atoms with van der Waals surface area (Å²) in [5.74, 6) is 0.818. The molecule has 140 valence electrons. The molecule has 2 aliphatic rings. The van der Waals surface area contributed by atoms with Crippen LogP contribution in [0.3, 0.4) is 0 Å². The molecule has 0 bridgehead atoms. The van der Waals surface area contributed by atoms with Crippen molar-refractivity contribution in [2.45, 2.75) is 38.8 Å². The van der Waals surface area contributed by atoms with Crippen LogP contribution in [0, 0.1) is 5.92 Å². The van der Waals surface area contributed by atoms with Crippen LogP contribution in [0.25, 0.3) is 0 Å². The Morgan fingerprint density at radius 2 is 2.08 bits per heavy atom. The zero-order valence-corrected chi connectivity index (χ0v) is 17.0. The Balaban J connectivity index is 1.38. The number of likely N-dealkylation sites (tertiary alicyclic amines) is 1. The van der Waals surface area contributed by atoms with Gasteiger partial charge in [0.15, 0.2) is 0 Å². The maximum absolute atomic E-state index is 12.7. The molecule has 2 aromatic rings. The summed E-state index contributed by atoms with van der Waals surface area (Å²) in [7, 11) is 0. The highest BCUT2D eigenvalue weighted by atomic mass is 32.1. The van der Waals surface area contributed by atoms with Gasteiger partial charge in [0, 0.05) is 29.4 Å². The SMILES string of the molecule is CC1CCN([C@@H](CNC(=O)N2CCc3sccc3C2)c2cccs2)CC1. The molecule has 4 nitrogen and oxygen atoms in total. The van der Waals surface area contributed by atoms with E-state index >= 15 is 0 Å². The molecule has 2 aromatic heterocycles. The fraction of sp³-hybridized carbons (Fsp3) is 0.550. The van der Waals surface area contributed by atoms with Crippen molar-refractivity contribution in [3.8, 4) is 0 Å². The monoisotopic (exact) mass is 389 g/mol. The smallest absolute Gasteiger partial charge is 0.317 e. The zero-order chi connectivity index (χ0) is 17.9. The first-order valence-corrected chi connectivity index (χ1v) is 11.3. The summed E-state index contributed by atoms with van der Waals surface area (Å²) in [5.41, 5.74) is 1.32. The van der Waals surface area contributed by atoms with Gasteiger partial charge in [0.1, 0.15) is 0 Å². The number of thiophene rings is 2. The van der Waals surface area contributed by atoms with Crippen molar-refractivity contribution in [2.24, 2.45) is 5.92 Å². The van der Waals surface area contributed by atoms with Crippen LogP contribution in [0.15, 0.2) is 29.0 Å². The van der Waals surface area contributed by atoms with Gasteiger partial charge in [-0.2, -0.15) is 0 Å². The molecule has 1 saturated heterocycles. The minimum Gasteiger partial charge on any atom is -0.336 e. The van der Waals surface area contributed by atoms with E-state index in [1.54, 1.807) is 11.3 Å². The van der Waals surface area contributed by atoms with Crippen LogP contribution in [0.4, 0.5) is 4.79 Å². The van der Waals surface area contributed by atoms with Gasteiger partial charge < -0.3 is 10.2 Å². The molecule has 0 radical (unpaired) electrons. The third kappa shape index (κ3) is 3.97. The summed E-state index contributed by atoms with van der Waals surface area (Å²) < 4.78 is 0. The first kappa shape index (κ1) is 18.0. The van der Waals surface area contributed by atoms with Crippen LogP contribution in [-0.2, 0) is 13.0 Å². The topological polar surface area (TPSA) is 35.6 Å². The minimum atomic E-state index is 0.0776.